The largest absolute Gasteiger partial charge is 0.385 e. The average Bonchev–Trinajstić information content (AvgIpc) is 2.86. The molecular weight excluding hydrogens is 286 g/mol. The van der Waals surface area contributed by atoms with Crippen molar-refractivity contribution >= 4 is 17.0 Å². The van der Waals surface area contributed by atoms with Crippen LogP contribution in [0.4, 0.5) is 5.95 Å². The van der Waals surface area contributed by atoms with Gasteiger partial charge in [-0.2, -0.15) is 0 Å². The highest BCUT2D eigenvalue weighted by atomic mass is 16.3. The standard InChI is InChI=1S/C19H23N3O/c1-2-3-13-21-16-11-7-8-12-17(16)22(19(21)20)14-18(23)15-9-5-4-6-10-15/h4-12,18,20,23H,2-3,13-14H2,1H3/p+1. The molecule has 0 aliphatic rings. The maximum Gasteiger partial charge on any atom is 0.356 e. The van der Waals surface area contributed by atoms with Crippen molar-refractivity contribution < 1.29 is 9.67 Å². The van der Waals surface area contributed by atoms with Crippen LogP contribution < -0.4 is 10.3 Å². The quantitative estimate of drug-likeness (QED) is 0.688. The lowest BCUT2D eigenvalue weighted by Gasteiger charge is -2.10. The normalized spacial score (nSPS) is 12.6. The van der Waals surface area contributed by atoms with Crippen LogP contribution in [0.25, 0.3) is 11.0 Å². The number of nitrogens with zero attached hydrogens (tertiary/aromatic N) is 2. The van der Waals surface area contributed by atoms with Crippen LogP contribution in [-0.2, 0) is 13.1 Å². The summed E-state index contributed by atoms with van der Waals surface area (Å²) in [5, 5.41) is 10.6. The fourth-order valence-electron chi connectivity index (χ4n) is 3.01. The summed E-state index contributed by atoms with van der Waals surface area (Å²) in [5.74, 6) is 0.703. The second-order valence-electron chi connectivity index (χ2n) is 5.89. The molecule has 1 heterocycles. The maximum absolute atomic E-state index is 10.6. The van der Waals surface area contributed by atoms with Crippen LogP contribution in [-0.4, -0.2) is 9.67 Å². The van der Waals surface area contributed by atoms with Gasteiger partial charge >= 0.3 is 5.95 Å². The summed E-state index contributed by atoms with van der Waals surface area (Å²) in [4.78, 5) is 0. The first-order chi connectivity index (χ1) is 11.2. The predicted molar refractivity (Wildman–Crippen MR) is 92.9 cm³/mol. The highest BCUT2D eigenvalue weighted by molar-refractivity contribution is 5.73. The number of aromatic nitrogens is 2. The molecule has 0 saturated heterocycles. The minimum Gasteiger partial charge on any atom is -0.385 e. The van der Waals surface area contributed by atoms with Gasteiger partial charge in [-0.3, -0.25) is 5.73 Å². The molecule has 0 bridgehead atoms. The minimum absolute atomic E-state index is 0.454. The van der Waals surface area contributed by atoms with Crippen LogP contribution in [0.15, 0.2) is 54.6 Å². The van der Waals surface area contributed by atoms with Crippen molar-refractivity contribution in [2.24, 2.45) is 0 Å². The Hall–Kier alpha value is -2.33. The second-order valence-corrected chi connectivity index (χ2v) is 5.89. The molecule has 0 amide bonds. The van der Waals surface area contributed by atoms with Gasteiger partial charge in [0.1, 0.15) is 23.7 Å². The Balaban J connectivity index is 1.98. The molecule has 2 aromatic carbocycles. The Morgan fingerprint density at radius 3 is 2.52 bits per heavy atom. The zero-order valence-corrected chi connectivity index (χ0v) is 13.5. The van der Waals surface area contributed by atoms with E-state index in [9.17, 15) is 5.11 Å². The average molecular weight is 310 g/mol. The first-order valence-electron chi connectivity index (χ1n) is 8.22. The number of hydrogen-bond donors (Lipinski definition) is 2. The molecule has 0 fully saturated rings. The number of aliphatic hydroxyl groups is 1. The number of fused-ring (bicyclic) bond motifs is 1. The zero-order chi connectivity index (χ0) is 16.2. The number of nitrogen functional groups attached to an aromatic ring is 1. The van der Waals surface area contributed by atoms with Crippen LogP contribution in [0, 0.1) is 0 Å². The van der Waals surface area contributed by atoms with Gasteiger partial charge in [0.15, 0.2) is 0 Å². The molecule has 4 heteroatoms. The van der Waals surface area contributed by atoms with Gasteiger partial charge in [0, 0.05) is 0 Å². The fraction of sp³-hybridized carbons (Fsp3) is 0.316. The molecule has 0 aliphatic carbocycles. The molecule has 3 rings (SSSR count). The lowest BCUT2D eigenvalue weighted by molar-refractivity contribution is -0.666. The summed E-state index contributed by atoms with van der Waals surface area (Å²) in [5.41, 5.74) is 9.49. The van der Waals surface area contributed by atoms with Gasteiger partial charge < -0.3 is 5.11 Å². The topological polar surface area (TPSA) is 55.1 Å². The third kappa shape index (κ3) is 3.08. The van der Waals surface area contributed by atoms with Gasteiger partial charge in [0.2, 0.25) is 0 Å². The molecule has 4 nitrogen and oxygen atoms in total. The number of rotatable bonds is 6. The molecule has 1 aromatic heterocycles. The summed E-state index contributed by atoms with van der Waals surface area (Å²) in [6, 6.07) is 17.9. The predicted octanol–water partition coefficient (Wildman–Crippen LogP) is 3.04. The number of aliphatic hydroxyl groups excluding tert-OH is 1. The Morgan fingerprint density at radius 1 is 1.09 bits per heavy atom. The molecule has 0 spiro atoms. The molecule has 1 unspecified atom stereocenters. The van der Waals surface area contributed by atoms with Crippen LogP contribution in [0.2, 0.25) is 0 Å². The van der Waals surface area contributed by atoms with E-state index in [0.717, 1.165) is 36.0 Å². The van der Waals surface area contributed by atoms with Crippen LogP contribution >= 0.6 is 0 Å². The van der Waals surface area contributed by atoms with Gasteiger partial charge in [-0.1, -0.05) is 55.8 Å². The third-order valence-electron chi connectivity index (χ3n) is 4.29. The molecule has 23 heavy (non-hydrogen) atoms. The van der Waals surface area contributed by atoms with Crippen molar-refractivity contribution in [3.63, 3.8) is 0 Å². The fourth-order valence-corrected chi connectivity index (χ4v) is 3.01. The molecule has 0 aliphatic heterocycles. The number of hydrogen-bond acceptors (Lipinski definition) is 2. The summed E-state index contributed by atoms with van der Waals surface area (Å²) in [7, 11) is 0. The van der Waals surface area contributed by atoms with Gasteiger partial charge in [0.05, 0.1) is 6.54 Å². The van der Waals surface area contributed by atoms with E-state index in [1.807, 2.05) is 47.0 Å². The van der Waals surface area contributed by atoms with Crippen LogP contribution in [0.1, 0.15) is 31.4 Å². The van der Waals surface area contributed by atoms with Crippen molar-refractivity contribution in [3.8, 4) is 0 Å². The molecule has 3 aromatic rings. The van der Waals surface area contributed by atoms with Gasteiger partial charge in [-0.05, 0) is 24.1 Å². The number of aryl methyl sites for hydroxylation is 1. The van der Waals surface area contributed by atoms with Crippen molar-refractivity contribution in [2.75, 3.05) is 5.73 Å². The lowest BCUT2D eigenvalue weighted by atomic mass is 10.1. The monoisotopic (exact) mass is 310 g/mol. The van der Waals surface area contributed by atoms with Crippen molar-refractivity contribution in [3.05, 3.63) is 60.2 Å². The highest BCUT2D eigenvalue weighted by Crippen LogP contribution is 2.19. The summed E-state index contributed by atoms with van der Waals surface area (Å²) < 4.78 is 4.17. The van der Waals surface area contributed by atoms with E-state index in [1.165, 1.54) is 0 Å². The Bertz CT molecular complexity index is 780. The van der Waals surface area contributed by atoms with Crippen LogP contribution in [0.3, 0.4) is 0 Å². The van der Waals surface area contributed by atoms with Crippen molar-refractivity contribution in [2.45, 2.75) is 39.0 Å². The van der Waals surface area contributed by atoms with Crippen molar-refractivity contribution in [1.82, 2.24) is 4.57 Å². The van der Waals surface area contributed by atoms with Gasteiger partial charge in [-0.25, -0.2) is 9.13 Å². The van der Waals surface area contributed by atoms with E-state index >= 15 is 0 Å². The lowest BCUT2D eigenvalue weighted by Crippen LogP contribution is -2.39. The van der Waals surface area contributed by atoms with Crippen molar-refractivity contribution in [1.29, 1.82) is 0 Å². The van der Waals surface area contributed by atoms with E-state index in [1.54, 1.807) is 0 Å². The molecular formula is C19H24N3O+. The number of para-hydroxylation sites is 2. The number of unbranched alkanes of at least 4 members (excludes halogenated alkanes) is 1. The summed E-state index contributed by atoms with van der Waals surface area (Å²) in [6.07, 6.45) is 1.64. The SMILES string of the molecule is CCCCn1c(N)[n+](CC(O)c2ccccc2)c2ccccc21. The van der Waals surface area contributed by atoms with E-state index in [0.29, 0.717) is 12.5 Å². The Labute approximate surface area is 136 Å². The minimum atomic E-state index is -0.575. The molecule has 1 atom stereocenters. The number of benzene rings is 2. The summed E-state index contributed by atoms with van der Waals surface area (Å²) in [6.45, 7) is 3.53. The Kier molecular flexibility index (Phi) is 4.63. The second kappa shape index (κ2) is 6.84. The van der Waals surface area contributed by atoms with Crippen LogP contribution in [0.5, 0.6) is 0 Å². The first-order valence-corrected chi connectivity index (χ1v) is 8.22. The number of anilines is 1. The van der Waals surface area contributed by atoms with E-state index in [-0.39, 0.29) is 0 Å². The molecule has 3 N–H and O–H groups in total. The highest BCUT2D eigenvalue weighted by Gasteiger charge is 2.22. The number of imidazole rings is 1. The van der Waals surface area contributed by atoms with E-state index in [2.05, 4.69) is 23.6 Å². The van der Waals surface area contributed by atoms with Gasteiger partial charge in [0.25, 0.3) is 0 Å². The maximum atomic E-state index is 10.6. The third-order valence-corrected chi connectivity index (χ3v) is 4.29. The Morgan fingerprint density at radius 2 is 1.78 bits per heavy atom. The van der Waals surface area contributed by atoms with Gasteiger partial charge in [-0.15, -0.1) is 0 Å². The number of nitrogens with two attached hydrogens (primary N) is 1. The molecule has 120 valence electrons. The van der Waals surface area contributed by atoms with E-state index in [4.69, 9.17) is 5.73 Å². The first kappa shape index (κ1) is 15.6. The molecule has 0 saturated carbocycles. The molecule has 0 radical (unpaired) electrons. The van der Waals surface area contributed by atoms with E-state index < -0.39 is 6.10 Å². The summed E-state index contributed by atoms with van der Waals surface area (Å²) >= 11 is 0. The smallest absolute Gasteiger partial charge is 0.356 e. The zero-order valence-electron chi connectivity index (χ0n) is 13.5.